The maximum atomic E-state index is 11.7. The lowest BCUT2D eigenvalue weighted by molar-refractivity contribution is -0.117. The first kappa shape index (κ1) is 11.4. The predicted molar refractivity (Wildman–Crippen MR) is 64.0 cm³/mol. The summed E-state index contributed by atoms with van der Waals surface area (Å²) in [6, 6.07) is 1.60. The topological polar surface area (TPSA) is 46.1 Å². The fraction of sp³-hybridized carbons (Fsp3) is 0.300. The lowest BCUT2D eigenvalue weighted by Gasteiger charge is -2.15. The maximum Gasteiger partial charge on any atom is 0.229 e. The van der Waals surface area contributed by atoms with Crippen molar-refractivity contribution in [3.05, 3.63) is 15.7 Å². The summed E-state index contributed by atoms with van der Waals surface area (Å²) in [4.78, 5) is 13.2. The molecule has 6 heteroatoms. The molecule has 0 spiro atoms. The van der Waals surface area contributed by atoms with E-state index in [1.54, 1.807) is 6.07 Å². The monoisotopic (exact) mass is 299 g/mol. The summed E-state index contributed by atoms with van der Waals surface area (Å²) in [7, 11) is 0. The molecule has 1 atom stereocenters. The van der Waals surface area contributed by atoms with E-state index in [0.29, 0.717) is 23.3 Å². The molecule has 0 saturated carbocycles. The third-order valence-corrected chi connectivity index (χ3v) is 3.08. The Morgan fingerprint density at radius 2 is 2.38 bits per heavy atom. The zero-order valence-corrected chi connectivity index (χ0v) is 10.5. The Morgan fingerprint density at radius 3 is 2.94 bits per heavy atom. The van der Waals surface area contributed by atoms with Gasteiger partial charge < -0.3 is 0 Å². The van der Waals surface area contributed by atoms with E-state index in [0.717, 1.165) is 0 Å². The minimum absolute atomic E-state index is 0.0414. The third kappa shape index (κ3) is 2.04. The molecular formula is C10H7BrClN3O. The first-order valence-electron chi connectivity index (χ1n) is 4.57. The Hall–Kier alpha value is -1.12. The van der Waals surface area contributed by atoms with Crippen LogP contribution in [0.25, 0.3) is 0 Å². The minimum Gasteiger partial charge on any atom is -0.293 e. The molecule has 1 aromatic rings. The molecule has 2 rings (SSSR count). The highest BCUT2D eigenvalue weighted by Gasteiger charge is 2.31. The predicted octanol–water partition coefficient (Wildman–Crippen LogP) is 1.88. The molecule has 0 aliphatic carbocycles. The molecule has 2 heterocycles. The Balaban J connectivity index is 2.32. The molecular weight excluding hydrogens is 293 g/mol. The Labute approximate surface area is 106 Å². The van der Waals surface area contributed by atoms with Crippen molar-refractivity contribution in [3.8, 4) is 12.3 Å². The van der Waals surface area contributed by atoms with Gasteiger partial charge in [0.05, 0.1) is 4.47 Å². The fourth-order valence-corrected chi connectivity index (χ4v) is 2.34. The fourth-order valence-electron chi connectivity index (χ4n) is 1.55. The van der Waals surface area contributed by atoms with Gasteiger partial charge in [-0.3, -0.25) is 9.69 Å². The number of anilines is 1. The number of amides is 1. The second-order valence-corrected chi connectivity index (χ2v) is 4.65. The van der Waals surface area contributed by atoms with E-state index in [1.165, 1.54) is 4.90 Å². The third-order valence-electron chi connectivity index (χ3n) is 2.32. The van der Waals surface area contributed by atoms with Crippen LogP contribution in [-0.2, 0) is 4.79 Å². The summed E-state index contributed by atoms with van der Waals surface area (Å²) in [5.41, 5.74) is 0. The van der Waals surface area contributed by atoms with Crippen molar-refractivity contribution in [2.45, 2.75) is 6.42 Å². The van der Waals surface area contributed by atoms with Crippen molar-refractivity contribution in [1.29, 1.82) is 0 Å². The summed E-state index contributed by atoms with van der Waals surface area (Å²) < 4.78 is 0.638. The van der Waals surface area contributed by atoms with Crippen molar-refractivity contribution in [2.75, 3.05) is 11.4 Å². The van der Waals surface area contributed by atoms with E-state index < -0.39 is 0 Å². The van der Waals surface area contributed by atoms with Gasteiger partial charge in [-0.2, -0.15) is 0 Å². The van der Waals surface area contributed by atoms with Gasteiger partial charge in [0.15, 0.2) is 11.0 Å². The van der Waals surface area contributed by atoms with Gasteiger partial charge in [-0.25, -0.2) is 0 Å². The first-order chi connectivity index (χ1) is 7.61. The van der Waals surface area contributed by atoms with Crippen LogP contribution in [0.15, 0.2) is 10.5 Å². The zero-order valence-electron chi connectivity index (χ0n) is 8.15. The van der Waals surface area contributed by atoms with Crippen molar-refractivity contribution in [1.82, 2.24) is 10.2 Å². The van der Waals surface area contributed by atoms with E-state index >= 15 is 0 Å². The number of hydrogen-bond donors (Lipinski definition) is 0. The summed E-state index contributed by atoms with van der Waals surface area (Å²) in [6.45, 7) is 0.476. The maximum absolute atomic E-state index is 11.7. The number of carbonyl (C=O) groups is 1. The van der Waals surface area contributed by atoms with Crippen LogP contribution >= 0.6 is 27.5 Å². The van der Waals surface area contributed by atoms with Gasteiger partial charge in [0.25, 0.3) is 0 Å². The van der Waals surface area contributed by atoms with Gasteiger partial charge in [0.1, 0.15) is 0 Å². The van der Waals surface area contributed by atoms with Gasteiger partial charge in [0, 0.05) is 18.9 Å². The van der Waals surface area contributed by atoms with E-state index in [2.05, 4.69) is 32.0 Å². The van der Waals surface area contributed by atoms with Crippen LogP contribution in [0, 0.1) is 18.3 Å². The van der Waals surface area contributed by atoms with Crippen LogP contribution in [-0.4, -0.2) is 22.6 Å². The molecule has 1 aromatic heterocycles. The van der Waals surface area contributed by atoms with Crippen LogP contribution in [0.3, 0.4) is 0 Å². The number of hydrogen-bond acceptors (Lipinski definition) is 3. The lowest BCUT2D eigenvalue weighted by atomic mass is 10.1. The molecule has 1 saturated heterocycles. The molecule has 0 radical (unpaired) electrons. The van der Waals surface area contributed by atoms with E-state index in [4.69, 9.17) is 18.0 Å². The first-order valence-corrected chi connectivity index (χ1v) is 5.74. The van der Waals surface area contributed by atoms with Crippen molar-refractivity contribution in [2.24, 2.45) is 5.92 Å². The number of terminal acetylenes is 1. The van der Waals surface area contributed by atoms with Gasteiger partial charge in [-0.05, 0) is 22.0 Å². The van der Waals surface area contributed by atoms with Crippen LogP contribution in [0.4, 0.5) is 5.82 Å². The van der Waals surface area contributed by atoms with Crippen LogP contribution in [0.5, 0.6) is 0 Å². The Kier molecular flexibility index (Phi) is 3.13. The highest BCUT2D eigenvalue weighted by Crippen LogP contribution is 2.29. The molecule has 1 amide bonds. The quantitative estimate of drug-likeness (QED) is 0.744. The molecule has 16 heavy (non-hydrogen) atoms. The molecule has 4 nitrogen and oxygen atoms in total. The summed E-state index contributed by atoms with van der Waals surface area (Å²) in [6.07, 6.45) is 5.66. The molecule has 1 aliphatic heterocycles. The summed E-state index contributed by atoms with van der Waals surface area (Å²) in [5.74, 6) is 2.94. The lowest BCUT2D eigenvalue weighted by Crippen LogP contribution is -2.26. The number of halogens is 2. The average molecular weight is 301 g/mol. The largest absolute Gasteiger partial charge is 0.293 e. The Morgan fingerprint density at radius 1 is 1.62 bits per heavy atom. The van der Waals surface area contributed by atoms with Crippen LogP contribution in [0.1, 0.15) is 6.42 Å². The molecule has 1 fully saturated rings. The van der Waals surface area contributed by atoms with Gasteiger partial charge in [0.2, 0.25) is 5.91 Å². The molecule has 1 aliphatic rings. The van der Waals surface area contributed by atoms with Crippen LogP contribution in [0.2, 0.25) is 5.15 Å². The van der Waals surface area contributed by atoms with Gasteiger partial charge in [-0.1, -0.05) is 11.6 Å². The zero-order chi connectivity index (χ0) is 11.7. The van der Waals surface area contributed by atoms with Gasteiger partial charge >= 0.3 is 0 Å². The summed E-state index contributed by atoms with van der Waals surface area (Å²) in [5, 5.41) is 7.87. The highest BCUT2D eigenvalue weighted by molar-refractivity contribution is 9.10. The Bertz CT molecular complexity index is 485. The second-order valence-electron chi connectivity index (χ2n) is 3.41. The molecule has 0 aromatic carbocycles. The second kappa shape index (κ2) is 4.40. The number of aromatic nitrogens is 2. The van der Waals surface area contributed by atoms with E-state index in [-0.39, 0.29) is 17.0 Å². The average Bonchev–Trinajstić information content (AvgIpc) is 2.60. The smallest absolute Gasteiger partial charge is 0.229 e. The normalized spacial score (nSPS) is 19.9. The van der Waals surface area contributed by atoms with Crippen molar-refractivity contribution < 1.29 is 4.79 Å². The van der Waals surface area contributed by atoms with E-state index in [9.17, 15) is 4.79 Å². The standard InChI is InChI=1S/C10H7BrClN3O/c1-2-6-3-9(16)15(5-6)10-7(11)4-8(12)13-14-10/h1,4,6H,3,5H2. The SMILES string of the molecule is C#CC1CC(=O)N(c2nnc(Cl)cc2Br)C1. The molecule has 82 valence electrons. The van der Waals surface area contributed by atoms with Crippen molar-refractivity contribution in [3.63, 3.8) is 0 Å². The minimum atomic E-state index is -0.0584. The molecule has 0 N–H and O–H groups in total. The number of nitrogens with zero attached hydrogens (tertiary/aromatic N) is 3. The highest BCUT2D eigenvalue weighted by atomic mass is 79.9. The van der Waals surface area contributed by atoms with E-state index in [1.807, 2.05) is 0 Å². The number of rotatable bonds is 1. The van der Waals surface area contributed by atoms with Gasteiger partial charge in [-0.15, -0.1) is 22.5 Å². The number of carbonyl (C=O) groups excluding carboxylic acids is 1. The van der Waals surface area contributed by atoms with Crippen molar-refractivity contribution >= 4 is 39.3 Å². The van der Waals surface area contributed by atoms with Crippen LogP contribution < -0.4 is 4.90 Å². The molecule has 1 unspecified atom stereocenters. The molecule has 0 bridgehead atoms. The summed E-state index contributed by atoms with van der Waals surface area (Å²) >= 11 is 8.97.